The smallest absolute Gasteiger partial charge is 0.420 e. The predicted molar refractivity (Wildman–Crippen MR) is 121 cm³/mol. The molecule has 4 aromatic rings. The summed E-state index contributed by atoms with van der Waals surface area (Å²) in [5.41, 5.74) is -0.414. The number of halogens is 3. The van der Waals surface area contributed by atoms with E-state index in [1.54, 1.807) is 30.5 Å². The Bertz CT molecular complexity index is 1360. The van der Waals surface area contributed by atoms with Crippen LogP contribution in [0.4, 0.5) is 14.5 Å². The lowest BCUT2D eigenvalue weighted by Crippen LogP contribution is -2.23. The summed E-state index contributed by atoms with van der Waals surface area (Å²) in [5.74, 6) is 0.174. The van der Waals surface area contributed by atoms with Crippen molar-refractivity contribution >= 4 is 34.2 Å². The molecule has 5 rings (SSSR count). The maximum atomic E-state index is 13.1. The fraction of sp³-hybridized carbons (Fsp3) is 0.217. The molecule has 8 nitrogen and oxygen atoms in total. The van der Waals surface area contributed by atoms with E-state index < -0.39 is 17.6 Å². The van der Waals surface area contributed by atoms with Gasteiger partial charge in [0, 0.05) is 47.6 Å². The van der Waals surface area contributed by atoms with Gasteiger partial charge in [0.05, 0.1) is 22.8 Å². The molecule has 174 valence electrons. The summed E-state index contributed by atoms with van der Waals surface area (Å²) < 4.78 is 31.9. The number of anilines is 1. The van der Waals surface area contributed by atoms with Crippen LogP contribution in [0.5, 0.6) is 5.75 Å². The van der Waals surface area contributed by atoms with Crippen molar-refractivity contribution < 1.29 is 23.4 Å². The Labute approximate surface area is 197 Å². The van der Waals surface area contributed by atoms with Gasteiger partial charge < -0.3 is 19.7 Å². The van der Waals surface area contributed by atoms with E-state index in [0.717, 1.165) is 11.3 Å². The van der Waals surface area contributed by atoms with Crippen molar-refractivity contribution in [2.24, 2.45) is 0 Å². The van der Waals surface area contributed by atoms with Gasteiger partial charge in [-0.3, -0.25) is 4.79 Å². The van der Waals surface area contributed by atoms with Crippen LogP contribution in [0.3, 0.4) is 0 Å². The summed E-state index contributed by atoms with van der Waals surface area (Å²) in [6.07, 6.45) is 2.13. The highest BCUT2D eigenvalue weighted by Crippen LogP contribution is 2.33. The summed E-state index contributed by atoms with van der Waals surface area (Å²) in [7, 11) is 0. The number of hydrogen-bond donors (Lipinski definition) is 2. The van der Waals surface area contributed by atoms with Gasteiger partial charge in [-0.25, -0.2) is 4.98 Å². The molecule has 1 aliphatic heterocycles. The molecule has 2 N–H and O–H groups in total. The number of aliphatic hydroxyl groups is 1. The summed E-state index contributed by atoms with van der Waals surface area (Å²) in [4.78, 5) is 17.7. The van der Waals surface area contributed by atoms with Crippen LogP contribution in [0, 0.1) is 0 Å². The zero-order valence-corrected chi connectivity index (χ0v) is 18.3. The van der Waals surface area contributed by atoms with Crippen LogP contribution < -0.4 is 10.1 Å². The molecule has 2 aromatic carbocycles. The number of benzene rings is 2. The van der Waals surface area contributed by atoms with Gasteiger partial charge in [0.2, 0.25) is 0 Å². The second-order valence-corrected chi connectivity index (χ2v) is 8.29. The fourth-order valence-electron chi connectivity index (χ4n) is 4.02. The van der Waals surface area contributed by atoms with Crippen molar-refractivity contribution in [3.05, 3.63) is 66.1 Å². The molecular formula is C23H18ClF2N5O3. The molecule has 1 atom stereocenters. The van der Waals surface area contributed by atoms with Crippen molar-refractivity contribution in [2.75, 3.05) is 5.32 Å². The minimum Gasteiger partial charge on any atom is -0.420 e. The first-order chi connectivity index (χ1) is 16.3. The van der Waals surface area contributed by atoms with Crippen molar-refractivity contribution in [1.82, 2.24) is 19.7 Å². The number of fused-ring (bicyclic) bond motifs is 3. The lowest BCUT2D eigenvalue weighted by molar-refractivity contribution is -0.0964. The SMILES string of the molecule is O=C(Nc1ccc(OC(F)(F)Cl)cc1)c1cc(-c2cccnn2)c2c(c1)nc1n2CC[C@@H](O)C1. The molecule has 2 aromatic heterocycles. The van der Waals surface area contributed by atoms with Gasteiger partial charge in [0.1, 0.15) is 11.6 Å². The number of ether oxygens (including phenoxy) is 1. The number of alkyl halides is 3. The molecule has 0 saturated carbocycles. The number of hydrogen-bond acceptors (Lipinski definition) is 6. The molecule has 0 saturated heterocycles. The van der Waals surface area contributed by atoms with E-state index in [0.29, 0.717) is 47.4 Å². The van der Waals surface area contributed by atoms with Crippen molar-refractivity contribution in [3.63, 3.8) is 0 Å². The van der Waals surface area contributed by atoms with Crippen LogP contribution >= 0.6 is 11.6 Å². The summed E-state index contributed by atoms with van der Waals surface area (Å²) in [6.45, 7) is 0.599. The third-order valence-corrected chi connectivity index (χ3v) is 5.56. The Morgan fingerprint density at radius 3 is 2.74 bits per heavy atom. The minimum atomic E-state index is -3.82. The molecule has 11 heteroatoms. The number of nitrogens with zero attached hydrogens (tertiary/aromatic N) is 4. The van der Waals surface area contributed by atoms with E-state index >= 15 is 0 Å². The normalized spacial score (nSPS) is 15.7. The Balaban J connectivity index is 1.50. The van der Waals surface area contributed by atoms with Crippen LogP contribution in [0.15, 0.2) is 54.7 Å². The standard InChI is InChI=1S/C23H18ClF2N5O3/c24-23(25,26)34-16-5-3-14(4-6-16)28-22(33)13-10-17(18-2-1-8-27-30-18)21-19(11-13)29-20-12-15(32)7-9-31(20)21/h1-6,8,10-11,15,32H,7,9,12H2,(H,28,33)/t15-/m1/s1. The van der Waals surface area contributed by atoms with E-state index in [1.807, 2.05) is 4.57 Å². The Hall–Kier alpha value is -3.63. The molecule has 0 fully saturated rings. The van der Waals surface area contributed by atoms with Crippen LogP contribution in [0.2, 0.25) is 0 Å². The van der Waals surface area contributed by atoms with Gasteiger partial charge in [0.15, 0.2) is 0 Å². The summed E-state index contributed by atoms with van der Waals surface area (Å²) in [5, 5.41) is 21.0. The number of rotatable bonds is 5. The molecule has 1 amide bonds. The zero-order valence-electron chi connectivity index (χ0n) is 17.6. The van der Waals surface area contributed by atoms with E-state index in [4.69, 9.17) is 11.6 Å². The highest BCUT2D eigenvalue weighted by molar-refractivity contribution is 6.20. The van der Waals surface area contributed by atoms with E-state index in [-0.39, 0.29) is 5.75 Å². The average molecular weight is 486 g/mol. The topological polar surface area (TPSA) is 102 Å². The number of amides is 1. The predicted octanol–water partition coefficient (Wildman–Crippen LogP) is 4.22. The van der Waals surface area contributed by atoms with E-state index in [9.17, 15) is 18.7 Å². The third kappa shape index (κ3) is 4.55. The van der Waals surface area contributed by atoms with Gasteiger partial charge in [-0.1, -0.05) is 0 Å². The molecule has 3 heterocycles. The van der Waals surface area contributed by atoms with Crippen LogP contribution in [-0.2, 0) is 13.0 Å². The first-order valence-corrected chi connectivity index (χ1v) is 10.8. The number of aliphatic hydroxyl groups excluding tert-OH is 1. The zero-order chi connectivity index (χ0) is 23.9. The number of carbonyl (C=O) groups excluding carboxylic acids is 1. The Morgan fingerprint density at radius 2 is 2.03 bits per heavy atom. The van der Waals surface area contributed by atoms with Gasteiger partial charge >= 0.3 is 5.57 Å². The van der Waals surface area contributed by atoms with E-state index in [2.05, 4.69) is 25.2 Å². The molecule has 1 aliphatic rings. The second-order valence-electron chi connectivity index (χ2n) is 7.85. The lowest BCUT2D eigenvalue weighted by atomic mass is 10.0. The molecule has 0 aliphatic carbocycles. The number of aromatic nitrogens is 4. The quantitative estimate of drug-likeness (QED) is 0.410. The molecule has 0 bridgehead atoms. The number of imidazole rings is 1. The number of nitrogens with one attached hydrogen (secondary N) is 1. The van der Waals surface area contributed by atoms with Crippen LogP contribution in [-0.4, -0.2) is 42.4 Å². The highest BCUT2D eigenvalue weighted by atomic mass is 35.5. The fourth-order valence-corrected chi connectivity index (χ4v) is 4.11. The van der Waals surface area contributed by atoms with Gasteiger partial charge in [-0.2, -0.15) is 10.2 Å². The van der Waals surface area contributed by atoms with Gasteiger partial charge in [-0.05, 0) is 55.0 Å². The van der Waals surface area contributed by atoms with Crippen LogP contribution in [0.25, 0.3) is 22.3 Å². The number of carbonyl (C=O) groups is 1. The first kappa shape index (κ1) is 22.2. The molecule has 0 radical (unpaired) electrons. The first-order valence-electron chi connectivity index (χ1n) is 10.4. The average Bonchev–Trinajstić information content (AvgIpc) is 3.16. The molecule has 0 spiro atoms. The lowest BCUT2D eigenvalue weighted by Gasteiger charge is -2.20. The van der Waals surface area contributed by atoms with Gasteiger partial charge in [0.25, 0.3) is 5.91 Å². The van der Waals surface area contributed by atoms with Crippen LogP contribution in [0.1, 0.15) is 22.6 Å². The summed E-state index contributed by atoms with van der Waals surface area (Å²) >= 11 is 4.77. The van der Waals surface area contributed by atoms with Crippen molar-refractivity contribution in [3.8, 4) is 17.0 Å². The van der Waals surface area contributed by atoms with Crippen molar-refractivity contribution in [2.45, 2.75) is 31.1 Å². The molecule has 34 heavy (non-hydrogen) atoms. The monoisotopic (exact) mass is 485 g/mol. The van der Waals surface area contributed by atoms with Gasteiger partial charge in [-0.15, -0.1) is 8.78 Å². The maximum absolute atomic E-state index is 13.1. The second kappa shape index (κ2) is 8.62. The largest absolute Gasteiger partial charge is 0.487 e. The Morgan fingerprint density at radius 1 is 1.24 bits per heavy atom. The third-order valence-electron chi connectivity index (χ3n) is 5.48. The summed E-state index contributed by atoms with van der Waals surface area (Å²) in [6, 6.07) is 12.3. The Kier molecular flexibility index (Phi) is 5.62. The molecule has 0 unspecified atom stereocenters. The maximum Gasteiger partial charge on any atom is 0.487 e. The highest BCUT2D eigenvalue weighted by Gasteiger charge is 2.27. The number of aryl methyl sites for hydroxylation is 1. The molecular weight excluding hydrogens is 468 g/mol. The van der Waals surface area contributed by atoms with E-state index in [1.165, 1.54) is 24.3 Å². The minimum absolute atomic E-state index is 0.143. The van der Waals surface area contributed by atoms with Crippen molar-refractivity contribution in [1.29, 1.82) is 0 Å².